The van der Waals surface area contributed by atoms with Gasteiger partial charge in [-0.15, -0.1) is 0 Å². The van der Waals surface area contributed by atoms with Crippen molar-refractivity contribution in [1.29, 1.82) is 0 Å². The van der Waals surface area contributed by atoms with Crippen LogP contribution in [0.2, 0.25) is 0 Å². The van der Waals surface area contributed by atoms with E-state index in [2.05, 4.69) is 15.4 Å². The summed E-state index contributed by atoms with van der Waals surface area (Å²) >= 11 is 0. The van der Waals surface area contributed by atoms with Crippen molar-refractivity contribution >= 4 is 17.8 Å². The molecule has 3 rings (SSSR count). The fourth-order valence-corrected chi connectivity index (χ4v) is 3.46. The van der Waals surface area contributed by atoms with E-state index < -0.39 is 11.5 Å². The van der Waals surface area contributed by atoms with Crippen molar-refractivity contribution in [3.8, 4) is 5.75 Å². The largest absolute Gasteiger partial charge is 0.507 e. The summed E-state index contributed by atoms with van der Waals surface area (Å²) in [6.07, 6.45) is 1.36. The molecule has 0 saturated heterocycles. The normalized spacial score (nSPS) is 11.5. The molecule has 0 heterocycles. The Bertz CT molecular complexity index is 993. The monoisotopic (exact) mass is 417 g/mol. The molecule has 0 bridgehead atoms. The Labute approximate surface area is 182 Å². The lowest BCUT2D eigenvalue weighted by Crippen LogP contribution is -2.43. The number of rotatable bonds is 8. The van der Waals surface area contributed by atoms with Crippen LogP contribution in [0.15, 0.2) is 84.0 Å². The van der Waals surface area contributed by atoms with Gasteiger partial charge in [-0.3, -0.25) is 4.79 Å². The Morgan fingerprint density at radius 2 is 1.52 bits per heavy atom. The summed E-state index contributed by atoms with van der Waals surface area (Å²) in [6.45, 7) is 5.76. The summed E-state index contributed by atoms with van der Waals surface area (Å²) < 4.78 is 0. The summed E-state index contributed by atoms with van der Waals surface area (Å²) in [7, 11) is 0. The van der Waals surface area contributed by atoms with E-state index in [1.54, 1.807) is 60.7 Å². The molecule has 6 heteroatoms. The Hall–Kier alpha value is -3.64. The number of nitrogens with zero attached hydrogens (tertiary/aromatic N) is 2. The van der Waals surface area contributed by atoms with Crippen LogP contribution in [0.5, 0.6) is 5.75 Å². The quantitative estimate of drug-likeness (QED) is 0.386. The van der Waals surface area contributed by atoms with Gasteiger partial charge in [-0.25, -0.2) is 5.43 Å². The van der Waals surface area contributed by atoms with E-state index in [1.807, 2.05) is 32.0 Å². The Morgan fingerprint density at radius 3 is 2.00 bits per heavy atom. The standard InChI is InChI=1S/C25H27N3O3/c1-3-28(4-2)22-16-15-19(23(29)17-22)18-26-27-24(30)25(31,20-11-7-5-8-12-20)21-13-9-6-10-14-21/h5-18,29,31H,3-4H2,1-2H3,(H,27,30)/b26-18-. The van der Waals surface area contributed by atoms with Crippen molar-refractivity contribution in [2.75, 3.05) is 18.0 Å². The molecule has 0 atom stereocenters. The van der Waals surface area contributed by atoms with Crippen molar-refractivity contribution in [3.63, 3.8) is 0 Å². The number of hydrazone groups is 1. The first kappa shape index (κ1) is 22.1. The maximum atomic E-state index is 13.0. The van der Waals surface area contributed by atoms with E-state index in [0.717, 1.165) is 18.8 Å². The summed E-state index contributed by atoms with van der Waals surface area (Å²) in [4.78, 5) is 15.1. The summed E-state index contributed by atoms with van der Waals surface area (Å²) in [5.74, 6) is -0.635. The van der Waals surface area contributed by atoms with E-state index in [-0.39, 0.29) is 5.75 Å². The van der Waals surface area contributed by atoms with Crippen molar-refractivity contribution in [1.82, 2.24) is 5.43 Å². The van der Waals surface area contributed by atoms with E-state index in [9.17, 15) is 15.0 Å². The van der Waals surface area contributed by atoms with Crippen LogP contribution in [0, 0.1) is 0 Å². The third kappa shape index (κ3) is 4.75. The minimum absolute atomic E-state index is 0.0591. The van der Waals surface area contributed by atoms with Crippen LogP contribution in [0.1, 0.15) is 30.5 Å². The molecular formula is C25H27N3O3. The predicted octanol–water partition coefficient (Wildman–Crippen LogP) is 3.62. The zero-order valence-corrected chi connectivity index (χ0v) is 17.7. The second kappa shape index (κ2) is 9.91. The lowest BCUT2D eigenvalue weighted by atomic mass is 9.85. The molecule has 1 amide bonds. The van der Waals surface area contributed by atoms with E-state index in [0.29, 0.717) is 16.7 Å². The van der Waals surface area contributed by atoms with Gasteiger partial charge in [-0.2, -0.15) is 5.10 Å². The van der Waals surface area contributed by atoms with Gasteiger partial charge in [0.15, 0.2) is 5.60 Å². The first-order chi connectivity index (χ1) is 15.0. The molecule has 0 aromatic heterocycles. The van der Waals surface area contributed by atoms with Crippen molar-refractivity contribution in [3.05, 3.63) is 95.6 Å². The number of hydrogen-bond acceptors (Lipinski definition) is 5. The first-order valence-electron chi connectivity index (χ1n) is 10.3. The minimum Gasteiger partial charge on any atom is -0.507 e. The predicted molar refractivity (Wildman–Crippen MR) is 123 cm³/mol. The van der Waals surface area contributed by atoms with Crippen molar-refractivity contribution in [2.24, 2.45) is 5.10 Å². The molecule has 0 spiro atoms. The number of nitrogens with one attached hydrogen (secondary N) is 1. The smallest absolute Gasteiger partial charge is 0.281 e. The molecule has 160 valence electrons. The summed E-state index contributed by atoms with van der Waals surface area (Å²) in [5, 5.41) is 25.7. The zero-order chi connectivity index (χ0) is 22.3. The first-order valence-corrected chi connectivity index (χ1v) is 10.3. The Morgan fingerprint density at radius 1 is 0.968 bits per heavy atom. The summed E-state index contributed by atoms with van der Waals surface area (Å²) in [6, 6.07) is 22.7. The minimum atomic E-state index is -1.91. The maximum absolute atomic E-state index is 13.0. The van der Waals surface area contributed by atoms with Crippen LogP contribution in [0.25, 0.3) is 0 Å². The van der Waals surface area contributed by atoms with E-state index in [4.69, 9.17) is 0 Å². The lowest BCUT2D eigenvalue weighted by Gasteiger charge is -2.27. The molecule has 3 aromatic carbocycles. The Kier molecular flexibility index (Phi) is 7.05. The highest BCUT2D eigenvalue weighted by atomic mass is 16.3. The number of carbonyl (C=O) groups excluding carboxylic acids is 1. The fraction of sp³-hybridized carbons (Fsp3) is 0.200. The third-order valence-electron chi connectivity index (χ3n) is 5.22. The molecule has 0 aliphatic rings. The second-order valence-electron chi connectivity index (χ2n) is 7.06. The van der Waals surface area contributed by atoms with Crippen LogP contribution in [-0.4, -0.2) is 35.4 Å². The van der Waals surface area contributed by atoms with Gasteiger partial charge in [0.25, 0.3) is 5.91 Å². The molecule has 6 nitrogen and oxygen atoms in total. The highest BCUT2D eigenvalue weighted by molar-refractivity contribution is 5.91. The number of aliphatic hydroxyl groups is 1. The molecule has 0 radical (unpaired) electrons. The number of aromatic hydroxyl groups is 1. The number of amides is 1. The average Bonchev–Trinajstić information content (AvgIpc) is 2.81. The lowest BCUT2D eigenvalue weighted by molar-refractivity contribution is -0.136. The molecular weight excluding hydrogens is 390 g/mol. The van der Waals surface area contributed by atoms with Gasteiger partial charge < -0.3 is 15.1 Å². The maximum Gasteiger partial charge on any atom is 0.281 e. The molecule has 0 fully saturated rings. The average molecular weight is 418 g/mol. The van der Waals surface area contributed by atoms with Crippen molar-refractivity contribution in [2.45, 2.75) is 19.4 Å². The highest BCUT2D eigenvalue weighted by Gasteiger charge is 2.39. The van der Waals surface area contributed by atoms with Gasteiger partial charge in [0.1, 0.15) is 5.75 Å². The van der Waals surface area contributed by atoms with E-state index >= 15 is 0 Å². The number of phenols is 1. The van der Waals surface area contributed by atoms with Gasteiger partial charge in [-0.05, 0) is 37.1 Å². The highest BCUT2D eigenvalue weighted by Crippen LogP contribution is 2.30. The number of hydrogen-bond donors (Lipinski definition) is 3. The fourth-order valence-electron chi connectivity index (χ4n) is 3.46. The number of benzene rings is 3. The van der Waals surface area contributed by atoms with Crippen molar-refractivity contribution < 1.29 is 15.0 Å². The van der Waals surface area contributed by atoms with Gasteiger partial charge in [0.2, 0.25) is 0 Å². The van der Waals surface area contributed by atoms with Gasteiger partial charge >= 0.3 is 0 Å². The molecule has 31 heavy (non-hydrogen) atoms. The molecule has 0 unspecified atom stereocenters. The topological polar surface area (TPSA) is 85.2 Å². The third-order valence-corrected chi connectivity index (χ3v) is 5.22. The van der Waals surface area contributed by atoms with Crippen LogP contribution < -0.4 is 10.3 Å². The van der Waals surface area contributed by atoms with Crippen LogP contribution in [0.3, 0.4) is 0 Å². The number of phenolic OH excluding ortho intramolecular Hbond substituents is 1. The van der Waals surface area contributed by atoms with Gasteiger partial charge in [0.05, 0.1) is 6.21 Å². The summed E-state index contributed by atoms with van der Waals surface area (Å²) in [5.41, 5.74) is 2.73. The number of carbonyl (C=O) groups is 1. The molecule has 0 saturated carbocycles. The second-order valence-corrected chi connectivity index (χ2v) is 7.06. The zero-order valence-electron chi connectivity index (χ0n) is 17.7. The molecule has 3 aromatic rings. The Balaban J connectivity index is 1.83. The molecule has 3 N–H and O–H groups in total. The van der Waals surface area contributed by atoms with Crippen LogP contribution >= 0.6 is 0 Å². The molecule has 0 aliphatic carbocycles. The van der Waals surface area contributed by atoms with Gasteiger partial charge in [-0.1, -0.05) is 60.7 Å². The SMILES string of the molecule is CCN(CC)c1ccc(/C=N\NC(=O)C(O)(c2ccccc2)c2ccccc2)c(O)c1. The number of anilines is 1. The van der Waals surface area contributed by atoms with Gasteiger partial charge in [0, 0.05) is 30.4 Å². The van der Waals surface area contributed by atoms with Crippen LogP contribution in [-0.2, 0) is 10.4 Å². The molecule has 0 aliphatic heterocycles. The van der Waals surface area contributed by atoms with Crippen LogP contribution in [0.4, 0.5) is 5.69 Å². The van der Waals surface area contributed by atoms with E-state index in [1.165, 1.54) is 6.21 Å².